The summed E-state index contributed by atoms with van der Waals surface area (Å²) in [6.45, 7) is 0.0348. The van der Waals surface area contributed by atoms with E-state index in [4.69, 9.17) is 0 Å². The molecule has 1 saturated carbocycles. The van der Waals surface area contributed by atoms with Gasteiger partial charge in [0.15, 0.2) is 0 Å². The molecule has 168 valence electrons. The summed E-state index contributed by atoms with van der Waals surface area (Å²) >= 11 is 0. The average molecular weight is 430 g/mol. The number of benzene rings is 1. The summed E-state index contributed by atoms with van der Waals surface area (Å²) in [5.74, 6) is -0.416. The van der Waals surface area contributed by atoms with E-state index in [0.29, 0.717) is 36.9 Å². The van der Waals surface area contributed by atoms with E-state index in [2.05, 4.69) is 10.6 Å². The quantitative estimate of drug-likeness (QED) is 0.649. The van der Waals surface area contributed by atoms with Crippen LogP contribution < -0.4 is 15.5 Å². The topological polar surface area (TPSA) is 47.6 Å². The lowest BCUT2D eigenvalue weighted by Gasteiger charge is -2.33. The van der Waals surface area contributed by atoms with Gasteiger partial charge in [-0.15, -0.1) is 0 Å². The number of carbonyl (C=O) groups is 1. The molecule has 0 radical (unpaired) electrons. The molecule has 1 aromatic rings. The summed E-state index contributed by atoms with van der Waals surface area (Å²) in [5.41, 5.74) is 0.861. The van der Waals surface area contributed by atoms with Gasteiger partial charge < -0.3 is 15.5 Å². The molecule has 1 unspecified atom stereocenters. The minimum atomic E-state index is -4.21. The van der Waals surface area contributed by atoms with Gasteiger partial charge >= 0.3 is 12.2 Å². The Morgan fingerprint density at radius 2 is 1.93 bits per heavy atom. The molecule has 1 aromatic carbocycles. The number of anilines is 2. The zero-order valence-electron chi connectivity index (χ0n) is 17.3. The van der Waals surface area contributed by atoms with Gasteiger partial charge in [0.05, 0.1) is 12.2 Å². The van der Waals surface area contributed by atoms with E-state index in [9.17, 15) is 22.4 Å². The number of likely N-dealkylation sites (tertiary alicyclic amines) is 1. The molecule has 3 rings (SSSR count). The van der Waals surface area contributed by atoms with Crippen molar-refractivity contribution in [3.05, 3.63) is 24.0 Å². The first kappa shape index (κ1) is 22.7. The third kappa shape index (κ3) is 6.48. The smallest absolute Gasteiger partial charge is 0.369 e. The monoisotopic (exact) mass is 430 g/mol. The minimum absolute atomic E-state index is 0.0265. The van der Waals surface area contributed by atoms with Crippen molar-refractivity contribution < 1.29 is 22.4 Å². The molecule has 1 aliphatic carbocycles. The van der Waals surface area contributed by atoms with Crippen molar-refractivity contribution in [2.24, 2.45) is 5.92 Å². The van der Waals surface area contributed by atoms with Crippen molar-refractivity contribution in [2.75, 3.05) is 43.4 Å². The fraction of sp³-hybridized carbons (Fsp3) is 0.667. The van der Waals surface area contributed by atoms with E-state index in [-0.39, 0.29) is 18.3 Å². The largest absolute Gasteiger partial charge is 0.401 e. The normalized spacial score (nSPS) is 20.9. The number of nitrogens with zero attached hydrogens (tertiary/aromatic N) is 2. The number of alkyl halides is 3. The van der Waals surface area contributed by atoms with Gasteiger partial charge in [0.2, 0.25) is 0 Å². The molecule has 2 fully saturated rings. The molecule has 1 saturated heterocycles. The molecule has 0 aromatic heterocycles. The number of carbonyl (C=O) groups excluding carboxylic acids is 1. The fourth-order valence-electron chi connectivity index (χ4n) is 4.42. The lowest BCUT2D eigenvalue weighted by atomic mass is 9.94. The summed E-state index contributed by atoms with van der Waals surface area (Å²) in [7, 11) is 1.90. The van der Waals surface area contributed by atoms with Crippen LogP contribution in [0, 0.1) is 11.7 Å². The second-order valence-corrected chi connectivity index (χ2v) is 8.41. The predicted molar refractivity (Wildman–Crippen MR) is 109 cm³/mol. The molecule has 0 bridgehead atoms. The number of rotatable bonds is 6. The van der Waals surface area contributed by atoms with E-state index in [1.807, 2.05) is 11.9 Å². The van der Waals surface area contributed by atoms with Crippen LogP contribution in [0.1, 0.15) is 38.5 Å². The highest BCUT2D eigenvalue weighted by Crippen LogP contribution is 2.29. The zero-order chi connectivity index (χ0) is 21.7. The van der Waals surface area contributed by atoms with Crippen molar-refractivity contribution in [1.29, 1.82) is 0 Å². The van der Waals surface area contributed by atoms with Crippen molar-refractivity contribution in [3.8, 4) is 0 Å². The van der Waals surface area contributed by atoms with Gasteiger partial charge in [-0.25, -0.2) is 9.18 Å². The van der Waals surface area contributed by atoms with Crippen LogP contribution in [0.2, 0.25) is 0 Å². The number of nitrogens with one attached hydrogen (secondary N) is 2. The lowest BCUT2D eigenvalue weighted by Crippen LogP contribution is -2.36. The standard InChI is InChI=1S/C21H30F4N4O/c1-28(17-5-3-2-4-6-17)19-8-7-16(11-18(19)22)27-20(30)26-12-15-9-10-29(13-15)14-21(23,24)25/h7-8,11,15,17H,2-6,9-10,12-14H2,1H3,(H2,26,27,30). The average Bonchev–Trinajstić information content (AvgIpc) is 3.12. The number of hydrogen-bond donors (Lipinski definition) is 2. The van der Waals surface area contributed by atoms with Gasteiger partial charge in [-0.1, -0.05) is 19.3 Å². The van der Waals surface area contributed by atoms with E-state index in [1.165, 1.54) is 17.4 Å². The van der Waals surface area contributed by atoms with Gasteiger partial charge in [0.25, 0.3) is 0 Å². The fourth-order valence-corrected chi connectivity index (χ4v) is 4.42. The first-order chi connectivity index (χ1) is 14.2. The maximum Gasteiger partial charge on any atom is 0.401 e. The Balaban J connectivity index is 1.46. The van der Waals surface area contributed by atoms with Crippen molar-refractivity contribution in [3.63, 3.8) is 0 Å². The first-order valence-corrected chi connectivity index (χ1v) is 10.6. The Bertz CT molecular complexity index is 721. The molecule has 2 aliphatic rings. The molecular weight excluding hydrogens is 400 g/mol. The first-order valence-electron chi connectivity index (χ1n) is 10.6. The van der Waals surface area contributed by atoms with Crippen LogP contribution in [0.3, 0.4) is 0 Å². The number of halogens is 4. The predicted octanol–water partition coefficient (Wildman–Crippen LogP) is 4.60. The van der Waals surface area contributed by atoms with Crippen LogP contribution in [0.5, 0.6) is 0 Å². The van der Waals surface area contributed by atoms with Crippen molar-refractivity contribution in [2.45, 2.75) is 50.7 Å². The summed E-state index contributed by atoms with van der Waals surface area (Å²) < 4.78 is 52.0. The highest BCUT2D eigenvalue weighted by molar-refractivity contribution is 5.89. The SMILES string of the molecule is CN(c1ccc(NC(=O)NCC2CCN(CC(F)(F)F)C2)cc1F)C1CCCCC1. The van der Waals surface area contributed by atoms with Gasteiger partial charge in [-0.05, 0) is 49.9 Å². The zero-order valence-corrected chi connectivity index (χ0v) is 17.3. The van der Waals surface area contributed by atoms with Crippen molar-refractivity contribution in [1.82, 2.24) is 10.2 Å². The van der Waals surface area contributed by atoms with Crippen LogP contribution in [-0.2, 0) is 0 Å². The Kier molecular flexibility index (Phi) is 7.44. The maximum atomic E-state index is 14.6. The number of urea groups is 1. The molecule has 5 nitrogen and oxygen atoms in total. The second-order valence-electron chi connectivity index (χ2n) is 8.41. The maximum absolute atomic E-state index is 14.6. The van der Waals surface area contributed by atoms with Crippen LogP contribution in [-0.4, -0.2) is 56.4 Å². The Morgan fingerprint density at radius 1 is 1.20 bits per heavy atom. The van der Waals surface area contributed by atoms with Gasteiger partial charge in [0.1, 0.15) is 5.82 Å². The minimum Gasteiger partial charge on any atom is -0.369 e. The molecule has 1 heterocycles. The molecule has 1 atom stereocenters. The van der Waals surface area contributed by atoms with E-state index in [0.717, 1.165) is 25.7 Å². The Labute approximate surface area is 174 Å². The Hall–Kier alpha value is -2.03. The van der Waals surface area contributed by atoms with Crippen LogP contribution in [0.25, 0.3) is 0 Å². The van der Waals surface area contributed by atoms with Crippen molar-refractivity contribution >= 4 is 17.4 Å². The second kappa shape index (κ2) is 9.85. The van der Waals surface area contributed by atoms with Gasteiger partial charge in [0, 0.05) is 31.9 Å². The molecule has 1 aliphatic heterocycles. The number of amides is 2. The van der Waals surface area contributed by atoms with Gasteiger partial charge in [-0.2, -0.15) is 13.2 Å². The van der Waals surface area contributed by atoms with E-state index in [1.54, 1.807) is 12.1 Å². The molecule has 30 heavy (non-hydrogen) atoms. The van der Waals surface area contributed by atoms with Crippen LogP contribution >= 0.6 is 0 Å². The molecule has 2 amide bonds. The molecule has 9 heteroatoms. The molecular formula is C21H30F4N4O. The summed E-state index contributed by atoms with van der Waals surface area (Å²) in [4.78, 5) is 15.4. The third-order valence-electron chi connectivity index (χ3n) is 6.03. The highest BCUT2D eigenvalue weighted by atomic mass is 19.4. The lowest BCUT2D eigenvalue weighted by molar-refractivity contribution is -0.143. The Morgan fingerprint density at radius 3 is 2.60 bits per heavy atom. The van der Waals surface area contributed by atoms with Crippen LogP contribution in [0.4, 0.5) is 33.7 Å². The van der Waals surface area contributed by atoms with Crippen LogP contribution in [0.15, 0.2) is 18.2 Å². The van der Waals surface area contributed by atoms with E-state index < -0.39 is 18.8 Å². The van der Waals surface area contributed by atoms with E-state index >= 15 is 0 Å². The highest BCUT2D eigenvalue weighted by Gasteiger charge is 2.34. The third-order valence-corrected chi connectivity index (χ3v) is 6.03. The number of hydrogen-bond acceptors (Lipinski definition) is 3. The van der Waals surface area contributed by atoms with Gasteiger partial charge in [-0.3, -0.25) is 4.90 Å². The summed E-state index contributed by atoms with van der Waals surface area (Å²) in [6, 6.07) is 4.48. The molecule has 2 N–H and O–H groups in total. The summed E-state index contributed by atoms with van der Waals surface area (Å²) in [5, 5.41) is 5.27. The summed E-state index contributed by atoms with van der Waals surface area (Å²) in [6.07, 6.45) is 2.05. The molecule has 0 spiro atoms.